The van der Waals surface area contributed by atoms with Crippen molar-refractivity contribution in [1.82, 2.24) is 19.6 Å². The maximum Gasteiger partial charge on any atom is 0.316 e. The molecule has 1 atom stereocenters. The molecular weight excluding hydrogens is 428 g/mol. The van der Waals surface area contributed by atoms with Gasteiger partial charge in [-0.05, 0) is 25.3 Å². The average Bonchev–Trinajstić information content (AvgIpc) is 3.30. The van der Waals surface area contributed by atoms with Crippen LogP contribution in [0, 0.1) is 0 Å². The molecule has 3 aromatic rings. The Kier molecular flexibility index (Phi) is 6.06. The van der Waals surface area contributed by atoms with Gasteiger partial charge in [0.25, 0.3) is 0 Å². The van der Waals surface area contributed by atoms with Gasteiger partial charge in [0.05, 0.1) is 30.5 Å². The number of hydrogen-bond donors (Lipinski definition) is 0. The average molecular weight is 453 g/mol. The van der Waals surface area contributed by atoms with Crippen LogP contribution in [0.2, 0.25) is 0 Å². The maximum absolute atomic E-state index is 11.6. The van der Waals surface area contributed by atoms with E-state index in [-0.39, 0.29) is 17.3 Å². The van der Waals surface area contributed by atoms with Gasteiger partial charge in [0, 0.05) is 17.1 Å². The van der Waals surface area contributed by atoms with E-state index in [0.717, 1.165) is 46.0 Å². The minimum Gasteiger partial charge on any atom is -0.468 e. The zero-order valence-electron chi connectivity index (χ0n) is 17.0. The summed E-state index contributed by atoms with van der Waals surface area (Å²) in [6, 6.07) is 0. The molecule has 0 amide bonds. The van der Waals surface area contributed by atoms with Crippen molar-refractivity contribution in [3.8, 4) is 0 Å². The normalized spacial score (nSPS) is 19.0. The molecule has 0 saturated carbocycles. The minimum absolute atomic E-state index is 0.171. The van der Waals surface area contributed by atoms with Crippen molar-refractivity contribution in [2.75, 3.05) is 18.6 Å². The van der Waals surface area contributed by atoms with Crippen LogP contribution in [0.3, 0.4) is 0 Å². The Morgan fingerprint density at radius 2 is 2.14 bits per heavy atom. The number of thioether (sulfide) groups is 2. The van der Waals surface area contributed by atoms with Gasteiger partial charge in [-0.2, -0.15) is 0 Å². The van der Waals surface area contributed by atoms with Crippen LogP contribution >= 0.6 is 34.9 Å². The highest BCUT2D eigenvalue weighted by Crippen LogP contribution is 2.42. The number of esters is 1. The quantitative estimate of drug-likeness (QED) is 0.297. The summed E-state index contributed by atoms with van der Waals surface area (Å²) < 4.78 is 12.9. The Bertz CT molecular complexity index is 1060. The third-order valence-corrected chi connectivity index (χ3v) is 8.30. The summed E-state index contributed by atoms with van der Waals surface area (Å²) in [7, 11) is 1.39. The lowest BCUT2D eigenvalue weighted by atomic mass is 9.90. The van der Waals surface area contributed by atoms with E-state index >= 15 is 0 Å². The van der Waals surface area contributed by atoms with Crippen molar-refractivity contribution in [3.05, 3.63) is 10.4 Å². The van der Waals surface area contributed by atoms with Crippen molar-refractivity contribution in [2.24, 2.45) is 0 Å². The fourth-order valence-corrected chi connectivity index (χ4v) is 6.13. The molecule has 0 saturated heterocycles. The minimum atomic E-state index is -0.285. The second-order valence-corrected chi connectivity index (χ2v) is 10.3. The summed E-state index contributed by atoms with van der Waals surface area (Å²) in [5.41, 5.74) is 1.93. The third-order valence-electron chi connectivity index (χ3n) is 5.15. The largest absolute Gasteiger partial charge is 0.468 e. The summed E-state index contributed by atoms with van der Waals surface area (Å²) in [6.07, 6.45) is 2.84. The van der Waals surface area contributed by atoms with Crippen LogP contribution in [-0.4, -0.2) is 49.8 Å². The summed E-state index contributed by atoms with van der Waals surface area (Å²) in [5.74, 6) is 0.860. The standard InChI is InChI=1S/C19H24N4O3S3/c1-5-7-27-17-20-16-14(11-8-19(3,6-2)26-9-12(11)29-16)15-21-22-18(23(15)17)28-10-13(24)25-4/h5-10H2,1-4H3/t19-/m1/s1. The van der Waals surface area contributed by atoms with E-state index in [9.17, 15) is 4.79 Å². The van der Waals surface area contributed by atoms with Gasteiger partial charge in [0.15, 0.2) is 16.0 Å². The van der Waals surface area contributed by atoms with Crippen LogP contribution < -0.4 is 0 Å². The van der Waals surface area contributed by atoms with E-state index in [1.807, 2.05) is 4.40 Å². The zero-order valence-corrected chi connectivity index (χ0v) is 19.4. The fourth-order valence-electron chi connectivity index (χ4n) is 3.31. The van der Waals surface area contributed by atoms with Crippen molar-refractivity contribution in [1.29, 1.82) is 0 Å². The second-order valence-electron chi connectivity index (χ2n) is 7.20. The monoisotopic (exact) mass is 452 g/mol. The number of carbonyl (C=O) groups is 1. The molecule has 10 heteroatoms. The molecule has 7 nitrogen and oxygen atoms in total. The van der Waals surface area contributed by atoms with Gasteiger partial charge in [-0.25, -0.2) is 9.38 Å². The van der Waals surface area contributed by atoms with E-state index in [0.29, 0.717) is 11.8 Å². The van der Waals surface area contributed by atoms with Crippen molar-refractivity contribution in [2.45, 2.75) is 62.6 Å². The van der Waals surface area contributed by atoms with Gasteiger partial charge in [0.1, 0.15) is 4.83 Å². The molecular formula is C19H24N4O3S3. The van der Waals surface area contributed by atoms with Gasteiger partial charge in [-0.1, -0.05) is 37.4 Å². The molecule has 4 rings (SSSR count). The van der Waals surface area contributed by atoms with Gasteiger partial charge in [-0.3, -0.25) is 4.79 Å². The van der Waals surface area contributed by atoms with Crippen LogP contribution in [0.15, 0.2) is 10.3 Å². The lowest BCUT2D eigenvalue weighted by molar-refractivity contribution is -0.137. The number of rotatable bonds is 7. The van der Waals surface area contributed by atoms with E-state index in [4.69, 9.17) is 14.5 Å². The van der Waals surface area contributed by atoms with Crippen molar-refractivity contribution < 1.29 is 14.3 Å². The molecule has 1 aliphatic heterocycles. The number of hydrogen-bond acceptors (Lipinski definition) is 9. The van der Waals surface area contributed by atoms with E-state index < -0.39 is 0 Å². The van der Waals surface area contributed by atoms with E-state index in [1.54, 1.807) is 23.1 Å². The highest BCUT2D eigenvalue weighted by molar-refractivity contribution is 8.00. The van der Waals surface area contributed by atoms with Gasteiger partial charge in [0.2, 0.25) is 0 Å². The van der Waals surface area contributed by atoms with Crippen LogP contribution in [0.1, 0.15) is 44.1 Å². The maximum atomic E-state index is 11.6. The van der Waals surface area contributed by atoms with Crippen LogP contribution in [0.25, 0.3) is 15.9 Å². The summed E-state index contributed by atoms with van der Waals surface area (Å²) in [6.45, 7) is 7.08. The van der Waals surface area contributed by atoms with Gasteiger partial charge >= 0.3 is 5.97 Å². The first-order valence-corrected chi connectivity index (χ1v) is 12.4. The molecule has 0 unspecified atom stereocenters. The summed E-state index contributed by atoms with van der Waals surface area (Å²) >= 11 is 4.71. The number of thiophene rings is 1. The molecule has 0 aliphatic carbocycles. The smallest absolute Gasteiger partial charge is 0.316 e. The number of aromatic nitrogens is 4. The first-order chi connectivity index (χ1) is 14.0. The summed E-state index contributed by atoms with van der Waals surface area (Å²) in [4.78, 5) is 18.8. The van der Waals surface area contributed by atoms with Crippen molar-refractivity contribution >= 4 is 56.7 Å². The lowest BCUT2D eigenvalue weighted by Gasteiger charge is -2.33. The summed E-state index contributed by atoms with van der Waals surface area (Å²) in [5, 5.41) is 11.5. The second kappa shape index (κ2) is 8.41. The number of methoxy groups -OCH3 is 1. The Morgan fingerprint density at radius 3 is 2.86 bits per heavy atom. The number of ether oxygens (including phenoxy) is 2. The highest BCUT2D eigenvalue weighted by atomic mass is 32.2. The molecule has 0 fully saturated rings. The fraction of sp³-hybridized carbons (Fsp3) is 0.579. The van der Waals surface area contributed by atoms with Crippen LogP contribution in [0.5, 0.6) is 0 Å². The van der Waals surface area contributed by atoms with Crippen molar-refractivity contribution in [3.63, 3.8) is 0 Å². The number of nitrogens with zero attached hydrogens (tertiary/aromatic N) is 4. The van der Waals surface area contributed by atoms with Gasteiger partial charge in [-0.15, -0.1) is 21.5 Å². The molecule has 0 aromatic carbocycles. The molecule has 4 heterocycles. The molecule has 1 aliphatic rings. The SMILES string of the molecule is CCCSc1nc2sc3c(c2c2nnc(SCC(=O)OC)n12)C[C@@](C)(CC)OC3. The van der Waals surface area contributed by atoms with E-state index in [1.165, 1.54) is 29.3 Å². The number of carbonyl (C=O) groups excluding carboxylic acids is 1. The topological polar surface area (TPSA) is 78.6 Å². The first-order valence-electron chi connectivity index (χ1n) is 9.65. The predicted octanol–water partition coefficient (Wildman–Crippen LogP) is 4.35. The molecule has 156 valence electrons. The van der Waals surface area contributed by atoms with Crippen LogP contribution in [0.4, 0.5) is 0 Å². The van der Waals surface area contributed by atoms with Gasteiger partial charge < -0.3 is 9.47 Å². The number of fused-ring (bicyclic) bond motifs is 5. The molecule has 0 radical (unpaired) electrons. The third kappa shape index (κ3) is 3.87. The Morgan fingerprint density at radius 1 is 1.31 bits per heavy atom. The Balaban J connectivity index is 1.87. The predicted molar refractivity (Wildman–Crippen MR) is 117 cm³/mol. The first kappa shape index (κ1) is 20.9. The van der Waals surface area contributed by atoms with Crippen LogP contribution in [-0.2, 0) is 27.3 Å². The molecule has 0 spiro atoms. The molecule has 29 heavy (non-hydrogen) atoms. The Hall–Kier alpha value is -1.36. The lowest BCUT2D eigenvalue weighted by Crippen LogP contribution is -2.33. The highest BCUT2D eigenvalue weighted by Gasteiger charge is 2.33. The van der Waals surface area contributed by atoms with E-state index in [2.05, 4.69) is 31.0 Å². The zero-order chi connectivity index (χ0) is 20.6. The Labute approximate surface area is 182 Å². The molecule has 3 aromatic heterocycles. The molecule has 0 N–H and O–H groups in total. The molecule has 0 bridgehead atoms.